The molecule has 0 unspecified atom stereocenters. The van der Waals surface area contributed by atoms with Gasteiger partial charge >= 0.3 is 0 Å². The lowest BCUT2D eigenvalue weighted by Crippen LogP contribution is -1.98. The number of nitrogens with zero attached hydrogens (tertiary/aromatic N) is 3. The first kappa shape index (κ1) is 8.99. The van der Waals surface area contributed by atoms with Crippen molar-refractivity contribution >= 4 is 5.65 Å². The molecule has 0 N–H and O–H groups in total. The van der Waals surface area contributed by atoms with Crippen LogP contribution in [-0.2, 0) is 0 Å². The van der Waals surface area contributed by atoms with E-state index in [4.69, 9.17) is 4.74 Å². The Bertz CT molecular complexity index is 410. The number of pyridine rings is 1. The molecule has 0 aliphatic heterocycles. The van der Waals surface area contributed by atoms with Crippen molar-refractivity contribution in [3.8, 4) is 5.75 Å². The SMILES string of the molecule is CCCCOc1cccn2cnnc12. The fraction of sp³-hybridized carbons (Fsp3) is 0.400. The van der Waals surface area contributed by atoms with Gasteiger partial charge in [-0.25, -0.2) is 0 Å². The van der Waals surface area contributed by atoms with Crippen molar-refractivity contribution in [2.75, 3.05) is 6.61 Å². The molecule has 4 heteroatoms. The molecular formula is C10H13N3O. The van der Waals surface area contributed by atoms with E-state index < -0.39 is 0 Å². The summed E-state index contributed by atoms with van der Waals surface area (Å²) < 4.78 is 7.44. The average Bonchev–Trinajstić information content (AvgIpc) is 2.67. The van der Waals surface area contributed by atoms with Gasteiger partial charge < -0.3 is 4.74 Å². The van der Waals surface area contributed by atoms with Crippen LogP contribution in [0.1, 0.15) is 19.8 Å². The predicted molar refractivity (Wildman–Crippen MR) is 53.4 cm³/mol. The smallest absolute Gasteiger partial charge is 0.203 e. The Morgan fingerprint density at radius 1 is 1.50 bits per heavy atom. The molecule has 2 aromatic rings. The van der Waals surface area contributed by atoms with Gasteiger partial charge in [0.05, 0.1) is 6.61 Å². The zero-order valence-electron chi connectivity index (χ0n) is 8.18. The minimum atomic E-state index is 0.739. The van der Waals surface area contributed by atoms with Gasteiger partial charge in [0.1, 0.15) is 6.33 Å². The highest BCUT2D eigenvalue weighted by Crippen LogP contribution is 2.16. The Hall–Kier alpha value is -1.58. The first-order valence-corrected chi connectivity index (χ1v) is 4.83. The number of hydrogen-bond donors (Lipinski definition) is 0. The van der Waals surface area contributed by atoms with Gasteiger partial charge in [0.2, 0.25) is 5.65 Å². The van der Waals surface area contributed by atoms with Crippen molar-refractivity contribution in [3.63, 3.8) is 0 Å². The summed E-state index contributed by atoms with van der Waals surface area (Å²) in [6.07, 6.45) is 5.77. The van der Waals surface area contributed by atoms with Gasteiger partial charge in [-0.15, -0.1) is 10.2 Å². The quantitative estimate of drug-likeness (QED) is 0.693. The molecule has 0 saturated carbocycles. The van der Waals surface area contributed by atoms with E-state index in [9.17, 15) is 0 Å². The largest absolute Gasteiger partial charge is 0.490 e. The Labute approximate surface area is 82.5 Å². The third kappa shape index (κ3) is 1.69. The fourth-order valence-corrected chi connectivity index (χ4v) is 1.26. The summed E-state index contributed by atoms with van der Waals surface area (Å²) in [6, 6.07) is 3.84. The van der Waals surface area contributed by atoms with E-state index in [2.05, 4.69) is 17.1 Å². The number of rotatable bonds is 4. The van der Waals surface area contributed by atoms with E-state index >= 15 is 0 Å². The molecular weight excluding hydrogens is 178 g/mol. The molecule has 0 fully saturated rings. The zero-order chi connectivity index (χ0) is 9.80. The molecule has 14 heavy (non-hydrogen) atoms. The molecule has 0 radical (unpaired) electrons. The van der Waals surface area contributed by atoms with Gasteiger partial charge in [-0.05, 0) is 18.6 Å². The maximum absolute atomic E-state index is 5.59. The lowest BCUT2D eigenvalue weighted by atomic mass is 10.3. The van der Waals surface area contributed by atoms with Crippen LogP contribution in [0.2, 0.25) is 0 Å². The highest BCUT2D eigenvalue weighted by molar-refractivity contribution is 5.52. The van der Waals surface area contributed by atoms with Crippen molar-refractivity contribution in [1.82, 2.24) is 14.6 Å². The Morgan fingerprint density at radius 2 is 2.43 bits per heavy atom. The second-order valence-corrected chi connectivity index (χ2v) is 3.14. The second kappa shape index (κ2) is 4.09. The topological polar surface area (TPSA) is 39.4 Å². The van der Waals surface area contributed by atoms with Crippen LogP contribution in [0.5, 0.6) is 5.75 Å². The summed E-state index contributed by atoms with van der Waals surface area (Å²) >= 11 is 0. The first-order valence-electron chi connectivity index (χ1n) is 4.83. The van der Waals surface area contributed by atoms with Crippen molar-refractivity contribution in [2.45, 2.75) is 19.8 Å². The van der Waals surface area contributed by atoms with Crippen LogP contribution < -0.4 is 4.74 Å². The van der Waals surface area contributed by atoms with Crippen LogP contribution >= 0.6 is 0 Å². The van der Waals surface area contributed by atoms with Crippen LogP contribution in [0, 0.1) is 0 Å². The summed E-state index contributed by atoms with van der Waals surface area (Å²) in [7, 11) is 0. The molecule has 0 aliphatic rings. The third-order valence-electron chi connectivity index (χ3n) is 2.04. The molecule has 4 nitrogen and oxygen atoms in total. The van der Waals surface area contributed by atoms with Crippen LogP contribution in [0.3, 0.4) is 0 Å². The highest BCUT2D eigenvalue weighted by Gasteiger charge is 2.02. The summed E-state index contributed by atoms with van der Waals surface area (Å²) in [5.74, 6) is 0.804. The molecule has 0 bridgehead atoms. The lowest BCUT2D eigenvalue weighted by molar-refractivity contribution is 0.311. The molecule has 0 atom stereocenters. The number of hydrogen-bond acceptors (Lipinski definition) is 3. The maximum Gasteiger partial charge on any atom is 0.203 e. The zero-order valence-corrected chi connectivity index (χ0v) is 8.18. The van der Waals surface area contributed by atoms with Gasteiger partial charge in [0.25, 0.3) is 0 Å². The Kier molecular flexibility index (Phi) is 2.62. The van der Waals surface area contributed by atoms with Crippen molar-refractivity contribution in [1.29, 1.82) is 0 Å². The number of ether oxygens (including phenoxy) is 1. The molecule has 0 aromatic carbocycles. The van der Waals surface area contributed by atoms with E-state index in [1.54, 1.807) is 6.33 Å². The second-order valence-electron chi connectivity index (χ2n) is 3.14. The van der Waals surface area contributed by atoms with Gasteiger partial charge in [0, 0.05) is 6.20 Å². The summed E-state index contributed by atoms with van der Waals surface area (Å²) in [4.78, 5) is 0. The monoisotopic (exact) mass is 191 g/mol. The minimum absolute atomic E-state index is 0.739. The molecule has 2 aromatic heterocycles. The van der Waals surface area contributed by atoms with E-state index in [0.29, 0.717) is 0 Å². The number of unbranched alkanes of at least 4 members (excludes halogenated alkanes) is 1. The predicted octanol–water partition coefficient (Wildman–Crippen LogP) is 1.91. The van der Waals surface area contributed by atoms with Gasteiger partial charge in [-0.2, -0.15) is 0 Å². The molecule has 0 spiro atoms. The Morgan fingerprint density at radius 3 is 3.29 bits per heavy atom. The summed E-state index contributed by atoms with van der Waals surface area (Å²) in [5, 5.41) is 7.81. The molecule has 2 heterocycles. The Balaban J connectivity index is 2.19. The van der Waals surface area contributed by atoms with Crippen LogP contribution in [0.15, 0.2) is 24.7 Å². The van der Waals surface area contributed by atoms with Crippen LogP contribution in [0.4, 0.5) is 0 Å². The summed E-state index contributed by atoms with van der Waals surface area (Å²) in [6.45, 7) is 2.88. The lowest BCUT2D eigenvalue weighted by Gasteiger charge is -2.05. The molecule has 0 aliphatic carbocycles. The fourth-order valence-electron chi connectivity index (χ4n) is 1.26. The molecule has 2 rings (SSSR count). The van der Waals surface area contributed by atoms with Gasteiger partial charge in [-0.1, -0.05) is 13.3 Å². The van der Waals surface area contributed by atoms with Crippen molar-refractivity contribution < 1.29 is 4.74 Å². The van der Waals surface area contributed by atoms with E-state index in [0.717, 1.165) is 30.8 Å². The van der Waals surface area contributed by atoms with E-state index in [1.807, 2.05) is 22.7 Å². The van der Waals surface area contributed by atoms with E-state index in [1.165, 1.54) is 0 Å². The minimum Gasteiger partial charge on any atom is -0.490 e. The number of fused-ring (bicyclic) bond motifs is 1. The average molecular weight is 191 g/mol. The molecule has 0 saturated heterocycles. The van der Waals surface area contributed by atoms with Crippen LogP contribution in [-0.4, -0.2) is 21.2 Å². The first-order chi connectivity index (χ1) is 6.92. The normalized spacial score (nSPS) is 10.6. The third-order valence-corrected chi connectivity index (χ3v) is 2.04. The van der Waals surface area contributed by atoms with Crippen molar-refractivity contribution in [2.24, 2.45) is 0 Å². The standard InChI is InChI=1S/C10H13N3O/c1-2-3-7-14-9-5-4-6-13-8-11-12-10(9)13/h4-6,8H,2-3,7H2,1H3. The van der Waals surface area contributed by atoms with Crippen molar-refractivity contribution in [3.05, 3.63) is 24.7 Å². The van der Waals surface area contributed by atoms with E-state index in [-0.39, 0.29) is 0 Å². The maximum atomic E-state index is 5.59. The van der Waals surface area contributed by atoms with Gasteiger partial charge in [0.15, 0.2) is 5.75 Å². The van der Waals surface area contributed by atoms with Gasteiger partial charge in [-0.3, -0.25) is 4.40 Å². The summed E-state index contributed by atoms with van der Waals surface area (Å²) in [5.41, 5.74) is 0.781. The van der Waals surface area contributed by atoms with Crippen LogP contribution in [0.25, 0.3) is 5.65 Å². The molecule has 74 valence electrons. The highest BCUT2D eigenvalue weighted by atomic mass is 16.5. The number of aromatic nitrogens is 3. The molecule has 0 amide bonds.